The molecule has 0 unspecified atom stereocenters. The molecule has 4 aliphatic rings. The van der Waals surface area contributed by atoms with Crippen molar-refractivity contribution in [2.45, 2.75) is 50.2 Å². The van der Waals surface area contributed by atoms with Crippen LogP contribution >= 0.6 is 0 Å². The lowest BCUT2D eigenvalue weighted by Gasteiger charge is -2.57. The second-order valence-electron chi connectivity index (χ2n) is 7.40. The molecule has 2 aliphatic carbocycles. The van der Waals surface area contributed by atoms with Crippen LogP contribution in [0.3, 0.4) is 0 Å². The number of rotatable bonds is 0. The Balaban J connectivity index is 1.83. The van der Waals surface area contributed by atoms with E-state index in [1.807, 2.05) is 0 Å². The van der Waals surface area contributed by atoms with Gasteiger partial charge in [0.25, 0.3) is 0 Å². The first-order chi connectivity index (χ1) is 10.1. The predicted octanol–water partition coefficient (Wildman–Crippen LogP) is 2.23. The van der Waals surface area contributed by atoms with Gasteiger partial charge in [0.15, 0.2) is 11.9 Å². The summed E-state index contributed by atoms with van der Waals surface area (Å²) in [7, 11) is 2.25. The molecule has 1 aromatic rings. The van der Waals surface area contributed by atoms with Crippen molar-refractivity contribution in [1.29, 1.82) is 0 Å². The lowest BCUT2D eigenvalue weighted by Crippen LogP contribution is -2.65. The molecule has 5 rings (SSSR count). The maximum atomic E-state index is 12.6. The van der Waals surface area contributed by atoms with Crippen LogP contribution in [0, 0.1) is 12.8 Å². The predicted molar refractivity (Wildman–Crippen MR) is 79.7 cm³/mol. The molecule has 0 N–H and O–H groups in total. The second-order valence-corrected chi connectivity index (χ2v) is 7.40. The van der Waals surface area contributed by atoms with Gasteiger partial charge in [0.2, 0.25) is 0 Å². The molecule has 2 bridgehead atoms. The number of Topliss-reactive ketones (excluding diaryl/α,β-unsaturated/α-hetero) is 1. The minimum absolute atomic E-state index is 0.0125. The summed E-state index contributed by atoms with van der Waals surface area (Å²) < 4.78 is 6.29. The summed E-state index contributed by atoms with van der Waals surface area (Å²) in [6.07, 6.45) is 3.73. The standard InChI is InChI=1S/C18H21NO2/c1-10-3-4-11-9-13-12-5-6-14(20)17-18(12,7-8-19(13)2)15(11)16(10)21-17/h3-4,12-13,17H,5-9H2,1-2H3/t12-,13+,17-,18-/m0/s1. The molecule has 4 atom stereocenters. The zero-order chi connectivity index (χ0) is 14.4. The van der Waals surface area contributed by atoms with Crippen LogP contribution in [0.15, 0.2) is 12.1 Å². The van der Waals surface area contributed by atoms with Crippen molar-refractivity contribution in [1.82, 2.24) is 4.90 Å². The highest BCUT2D eigenvalue weighted by Crippen LogP contribution is 2.61. The van der Waals surface area contributed by atoms with Crippen LogP contribution in [0.4, 0.5) is 0 Å². The Hall–Kier alpha value is -1.35. The number of ketones is 1. The molecular weight excluding hydrogens is 262 g/mol. The van der Waals surface area contributed by atoms with Crippen LogP contribution in [0.5, 0.6) is 5.75 Å². The highest BCUT2D eigenvalue weighted by Gasteiger charge is 2.65. The lowest BCUT2D eigenvalue weighted by molar-refractivity contribution is -0.138. The number of nitrogens with zero attached hydrogens (tertiary/aromatic N) is 1. The molecule has 110 valence electrons. The van der Waals surface area contributed by atoms with Crippen LogP contribution in [0.2, 0.25) is 0 Å². The maximum absolute atomic E-state index is 12.6. The number of benzene rings is 1. The Kier molecular flexibility index (Phi) is 2.15. The summed E-state index contributed by atoms with van der Waals surface area (Å²) >= 11 is 0. The quantitative estimate of drug-likeness (QED) is 0.731. The van der Waals surface area contributed by atoms with Gasteiger partial charge in [-0.2, -0.15) is 0 Å². The zero-order valence-electron chi connectivity index (χ0n) is 12.7. The molecule has 1 saturated carbocycles. The van der Waals surface area contributed by atoms with E-state index in [9.17, 15) is 4.79 Å². The number of carbonyl (C=O) groups excluding carboxylic acids is 1. The number of likely N-dealkylation sites (tertiary alicyclic amines) is 1. The largest absolute Gasteiger partial charge is 0.481 e. The molecule has 2 fully saturated rings. The van der Waals surface area contributed by atoms with Gasteiger partial charge < -0.3 is 9.64 Å². The van der Waals surface area contributed by atoms with E-state index < -0.39 is 0 Å². The Morgan fingerprint density at radius 1 is 1.38 bits per heavy atom. The summed E-state index contributed by atoms with van der Waals surface area (Å²) in [6.45, 7) is 3.20. The van der Waals surface area contributed by atoms with Gasteiger partial charge in [0.05, 0.1) is 0 Å². The number of hydrogen-bond donors (Lipinski definition) is 0. The number of piperidine rings is 1. The van der Waals surface area contributed by atoms with Crippen LogP contribution in [0.1, 0.15) is 36.0 Å². The number of hydrogen-bond acceptors (Lipinski definition) is 3. The SMILES string of the molecule is Cc1ccc2c3c1O[C@H]1C(=O)CC[C@H]4[C@@H](C2)N(C)CC[C@]314. The third-order valence-electron chi connectivity index (χ3n) is 6.60. The molecule has 1 saturated heterocycles. The molecule has 3 nitrogen and oxygen atoms in total. The van der Waals surface area contributed by atoms with Crippen LogP contribution < -0.4 is 4.74 Å². The lowest BCUT2D eigenvalue weighted by atomic mass is 9.51. The van der Waals surface area contributed by atoms with Gasteiger partial charge in [-0.15, -0.1) is 0 Å². The summed E-state index contributed by atoms with van der Waals surface area (Å²) in [5.41, 5.74) is 4.03. The first kappa shape index (κ1) is 12.2. The van der Waals surface area contributed by atoms with Crippen LogP contribution in [-0.4, -0.2) is 36.4 Å². The van der Waals surface area contributed by atoms with E-state index in [1.54, 1.807) is 0 Å². The van der Waals surface area contributed by atoms with Gasteiger partial charge in [-0.25, -0.2) is 0 Å². The van der Waals surface area contributed by atoms with Gasteiger partial charge >= 0.3 is 0 Å². The highest BCUT2D eigenvalue weighted by atomic mass is 16.5. The van der Waals surface area contributed by atoms with E-state index in [0.29, 0.717) is 24.2 Å². The Labute approximate surface area is 125 Å². The summed E-state index contributed by atoms with van der Waals surface area (Å²) in [4.78, 5) is 15.1. The Morgan fingerprint density at radius 3 is 3.10 bits per heavy atom. The molecule has 1 aromatic carbocycles. The van der Waals surface area contributed by atoms with Crippen LogP contribution in [-0.2, 0) is 16.6 Å². The Morgan fingerprint density at radius 2 is 2.24 bits per heavy atom. The van der Waals surface area contributed by atoms with Gasteiger partial charge in [0.1, 0.15) is 5.75 Å². The van der Waals surface area contributed by atoms with Crippen molar-refractivity contribution in [3.8, 4) is 5.75 Å². The average molecular weight is 283 g/mol. The maximum Gasteiger partial charge on any atom is 0.174 e. The summed E-state index contributed by atoms with van der Waals surface area (Å²) in [6, 6.07) is 5.03. The molecule has 3 heteroatoms. The van der Waals surface area contributed by atoms with Gasteiger partial charge in [0, 0.05) is 23.4 Å². The van der Waals surface area contributed by atoms with Crippen molar-refractivity contribution < 1.29 is 9.53 Å². The fourth-order valence-electron chi connectivity index (χ4n) is 5.67. The molecule has 21 heavy (non-hydrogen) atoms. The van der Waals surface area contributed by atoms with Crippen molar-refractivity contribution in [3.05, 3.63) is 28.8 Å². The third-order valence-corrected chi connectivity index (χ3v) is 6.60. The van der Waals surface area contributed by atoms with Gasteiger partial charge in [-0.3, -0.25) is 4.79 Å². The van der Waals surface area contributed by atoms with Crippen molar-refractivity contribution in [2.75, 3.05) is 13.6 Å². The first-order valence-corrected chi connectivity index (χ1v) is 8.15. The van der Waals surface area contributed by atoms with Gasteiger partial charge in [-0.1, -0.05) is 12.1 Å². The van der Waals surface area contributed by atoms with Crippen LogP contribution in [0.25, 0.3) is 0 Å². The highest BCUT2D eigenvalue weighted by molar-refractivity contribution is 5.89. The molecule has 2 heterocycles. The van der Waals surface area contributed by atoms with E-state index in [4.69, 9.17) is 4.74 Å². The zero-order valence-corrected chi connectivity index (χ0v) is 12.7. The topological polar surface area (TPSA) is 29.5 Å². The number of carbonyl (C=O) groups is 1. The molecule has 0 aromatic heterocycles. The smallest absolute Gasteiger partial charge is 0.174 e. The number of likely N-dealkylation sites (N-methyl/N-ethyl adjacent to an activating group) is 1. The first-order valence-electron chi connectivity index (χ1n) is 8.15. The average Bonchev–Trinajstić information content (AvgIpc) is 2.83. The van der Waals surface area contributed by atoms with Gasteiger partial charge in [-0.05, 0) is 56.8 Å². The normalized spacial score (nSPS) is 39.9. The monoisotopic (exact) mass is 283 g/mol. The van der Waals surface area contributed by atoms with Crippen molar-refractivity contribution >= 4 is 5.78 Å². The summed E-state index contributed by atoms with van der Waals surface area (Å²) in [5, 5.41) is 0. The van der Waals surface area contributed by atoms with E-state index >= 15 is 0 Å². The molecular formula is C18H21NO2. The molecule has 0 radical (unpaired) electrons. The minimum Gasteiger partial charge on any atom is -0.481 e. The van der Waals surface area contributed by atoms with E-state index in [0.717, 1.165) is 31.6 Å². The third kappa shape index (κ3) is 1.24. The molecule has 1 spiro atoms. The second kappa shape index (κ2) is 3.70. The van der Waals surface area contributed by atoms with E-state index in [2.05, 4.69) is 31.0 Å². The fraction of sp³-hybridized carbons (Fsp3) is 0.611. The Bertz CT molecular complexity index is 667. The van der Waals surface area contributed by atoms with E-state index in [-0.39, 0.29) is 11.5 Å². The fourth-order valence-corrected chi connectivity index (χ4v) is 5.67. The molecule has 2 aliphatic heterocycles. The molecule has 0 amide bonds. The summed E-state index contributed by atoms with van der Waals surface area (Å²) in [5.74, 6) is 1.97. The number of aryl methyl sites for hydroxylation is 1. The minimum atomic E-state index is -0.206. The van der Waals surface area contributed by atoms with Crippen molar-refractivity contribution in [3.63, 3.8) is 0 Å². The number of ether oxygens (including phenoxy) is 1. The van der Waals surface area contributed by atoms with E-state index in [1.165, 1.54) is 16.7 Å². The van der Waals surface area contributed by atoms with Crippen molar-refractivity contribution in [2.24, 2.45) is 5.92 Å².